The van der Waals surface area contributed by atoms with E-state index in [9.17, 15) is 4.79 Å². The summed E-state index contributed by atoms with van der Waals surface area (Å²) < 4.78 is 5.93. The van der Waals surface area contributed by atoms with E-state index in [0.717, 1.165) is 36.0 Å². The monoisotopic (exact) mass is 628 g/mol. The van der Waals surface area contributed by atoms with Crippen LogP contribution < -0.4 is 0 Å². The first-order valence-corrected chi connectivity index (χ1v) is 17.1. The molecule has 0 bridgehead atoms. The molecule has 2 amide bonds. The van der Waals surface area contributed by atoms with Crippen molar-refractivity contribution in [3.05, 3.63) is 131 Å². The molecule has 1 unspecified atom stereocenters. The summed E-state index contributed by atoms with van der Waals surface area (Å²) in [6.45, 7) is 11.4. The van der Waals surface area contributed by atoms with E-state index in [1.165, 1.54) is 22.3 Å². The Bertz CT molecular complexity index is 1690. The van der Waals surface area contributed by atoms with E-state index in [-0.39, 0.29) is 29.9 Å². The smallest absolute Gasteiger partial charge is 0.410 e. The van der Waals surface area contributed by atoms with Crippen molar-refractivity contribution in [2.24, 2.45) is 11.8 Å². The summed E-state index contributed by atoms with van der Waals surface area (Å²) >= 11 is 0. The van der Waals surface area contributed by atoms with Gasteiger partial charge in [-0.15, -0.1) is 0 Å². The van der Waals surface area contributed by atoms with Gasteiger partial charge in [-0.2, -0.15) is 0 Å². The summed E-state index contributed by atoms with van der Waals surface area (Å²) in [6, 6.07) is 36.2. The van der Waals surface area contributed by atoms with Gasteiger partial charge < -0.3 is 14.5 Å². The van der Waals surface area contributed by atoms with Gasteiger partial charge in [0.15, 0.2) is 0 Å². The highest BCUT2D eigenvalue weighted by atomic mass is 16.6. The molecule has 2 aliphatic rings. The van der Waals surface area contributed by atoms with Crippen LogP contribution in [0.3, 0.4) is 0 Å². The van der Waals surface area contributed by atoms with Crippen molar-refractivity contribution < 1.29 is 14.3 Å². The summed E-state index contributed by atoms with van der Waals surface area (Å²) in [5, 5.41) is 0. The van der Waals surface area contributed by atoms with E-state index in [1.54, 1.807) is 0 Å². The zero-order valence-corrected chi connectivity index (χ0v) is 28.5. The molecular weight excluding hydrogens is 580 g/mol. The van der Waals surface area contributed by atoms with E-state index < -0.39 is 11.5 Å². The number of likely N-dealkylation sites (tertiary alicyclic amines) is 1. The second-order valence-electron chi connectivity index (χ2n) is 14.5. The minimum atomic E-state index is -0.630. The molecule has 1 heterocycles. The number of aryl methyl sites for hydroxylation is 1. The van der Waals surface area contributed by atoms with Crippen LogP contribution in [0.2, 0.25) is 0 Å². The van der Waals surface area contributed by atoms with Crippen molar-refractivity contribution in [1.82, 2.24) is 9.80 Å². The molecule has 1 aliphatic carbocycles. The van der Waals surface area contributed by atoms with Gasteiger partial charge in [-0.3, -0.25) is 4.79 Å². The maximum atomic E-state index is 15.1. The Morgan fingerprint density at radius 1 is 0.809 bits per heavy atom. The van der Waals surface area contributed by atoms with Crippen molar-refractivity contribution in [2.75, 3.05) is 13.1 Å². The fourth-order valence-corrected chi connectivity index (χ4v) is 7.18. The lowest BCUT2D eigenvalue weighted by molar-refractivity contribution is -0.140. The quantitative estimate of drug-likeness (QED) is 0.196. The highest BCUT2D eigenvalue weighted by molar-refractivity contribution is 5.82. The van der Waals surface area contributed by atoms with Crippen LogP contribution in [0.25, 0.3) is 11.1 Å². The van der Waals surface area contributed by atoms with Crippen molar-refractivity contribution in [3.63, 3.8) is 0 Å². The van der Waals surface area contributed by atoms with Gasteiger partial charge in [-0.25, -0.2) is 4.79 Å². The average molecular weight is 629 g/mol. The van der Waals surface area contributed by atoms with Crippen LogP contribution in [0, 0.1) is 25.7 Å². The molecule has 5 nitrogen and oxygen atoms in total. The summed E-state index contributed by atoms with van der Waals surface area (Å²) in [5.41, 5.74) is 7.67. The summed E-state index contributed by atoms with van der Waals surface area (Å²) in [5.74, 6) is -0.345. The second kappa shape index (κ2) is 13.8. The number of carbonyl (C=O) groups excluding carboxylic acids is 2. The highest BCUT2D eigenvalue weighted by Crippen LogP contribution is 2.43. The van der Waals surface area contributed by atoms with Crippen LogP contribution in [0.4, 0.5) is 4.79 Å². The topological polar surface area (TPSA) is 49.9 Å². The van der Waals surface area contributed by atoms with Crippen molar-refractivity contribution in [1.29, 1.82) is 0 Å². The van der Waals surface area contributed by atoms with Gasteiger partial charge in [0.1, 0.15) is 5.60 Å². The fraction of sp³-hybridized carbons (Fsp3) is 0.381. The number of rotatable bonds is 8. The van der Waals surface area contributed by atoms with E-state index in [2.05, 4.69) is 110 Å². The molecular formula is C42H48N2O3. The number of nitrogens with zero attached hydrogens (tertiary/aromatic N) is 2. The Morgan fingerprint density at radius 2 is 1.47 bits per heavy atom. The molecule has 1 saturated carbocycles. The van der Waals surface area contributed by atoms with Crippen LogP contribution in [0.5, 0.6) is 0 Å². The molecule has 6 rings (SSSR count). The molecule has 2 fully saturated rings. The van der Waals surface area contributed by atoms with Crippen LogP contribution in [0.15, 0.2) is 103 Å². The molecule has 4 aromatic rings. The van der Waals surface area contributed by atoms with E-state index >= 15 is 4.79 Å². The van der Waals surface area contributed by atoms with Gasteiger partial charge in [0.25, 0.3) is 0 Å². The number of hydrogen-bond acceptors (Lipinski definition) is 3. The van der Waals surface area contributed by atoms with E-state index in [1.807, 2.05) is 37.8 Å². The summed E-state index contributed by atoms with van der Waals surface area (Å²) in [7, 11) is 0. The normalized spacial score (nSPS) is 19.7. The predicted molar refractivity (Wildman–Crippen MR) is 189 cm³/mol. The number of ether oxygens (including phenoxy) is 1. The molecule has 1 aliphatic heterocycles. The fourth-order valence-electron chi connectivity index (χ4n) is 7.18. The molecule has 0 spiro atoms. The van der Waals surface area contributed by atoms with Crippen molar-refractivity contribution in [2.45, 2.75) is 78.0 Å². The lowest BCUT2D eigenvalue weighted by Crippen LogP contribution is -2.54. The van der Waals surface area contributed by atoms with Crippen LogP contribution in [0.1, 0.15) is 67.3 Å². The third kappa shape index (κ3) is 7.78. The number of piperidine rings is 1. The Kier molecular flexibility index (Phi) is 9.54. The van der Waals surface area contributed by atoms with Crippen LogP contribution >= 0.6 is 0 Å². The minimum Gasteiger partial charge on any atom is -0.444 e. The van der Waals surface area contributed by atoms with Gasteiger partial charge in [-0.1, -0.05) is 103 Å². The zero-order valence-electron chi connectivity index (χ0n) is 28.5. The third-order valence-corrected chi connectivity index (χ3v) is 9.83. The molecule has 47 heavy (non-hydrogen) atoms. The Hall–Kier alpha value is -4.38. The van der Waals surface area contributed by atoms with Crippen LogP contribution in [-0.4, -0.2) is 46.5 Å². The zero-order chi connectivity index (χ0) is 33.1. The summed E-state index contributed by atoms with van der Waals surface area (Å²) in [4.78, 5) is 32.8. The molecule has 0 radical (unpaired) electrons. The maximum absolute atomic E-state index is 15.1. The molecule has 4 aromatic carbocycles. The lowest BCUT2D eigenvalue weighted by Gasteiger charge is -2.45. The molecule has 244 valence electrons. The number of hydrogen-bond donors (Lipinski definition) is 0. The molecule has 0 aromatic heterocycles. The summed E-state index contributed by atoms with van der Waals surface area (Å²) in [6.07, 6.45) is 2.43. The van der Waals surface area contributed by atoms with Crippen molar-refractivity contribution >= 4 is 12.0 Å². The van der Waals surface area contributed by atoms with Gasteiger partial charge in [0.05, 0.1) is 5.92 Å². The first kappa shape index (κ1) is 32.6. The SMILES string of the molecule is Cc1cccc(CN(C(=O)[C@H]2CN(C(=O)OC(C)(C)C)CC(Cc3ccccc3)[C@@H]2c2cccc(-c3ccccc3)c2)C2CC2)c1C. The first-order chi connectivity index (χ1) is 22.6. The maximum Gasteiger partial charge on any atom is 0.410 e. The first-order valence-electron chi connectivity index (χ1n) is 17.1. The highest BCUT2D eigenvalue weighted by Gasteiger charge is 2.47. The number of amides is 2. The molecule has 5 heteroatoms. The second-order valence-corrected chi connectivity index (χ2v) is 14.5. The minimum absolute atomic E-state index is 0.0143. The van der Waals surface area contributed by atoms with Gasteiger partial charge in [0.2, 0.25) is 5.91 Å². The predicted octanol–water partition coefficient (Wildman–Crippen LogP) is 8.97. The average Bonchev–Trinajstić information content (AvgIpc) is 3.90. The Labute approximate surface area is 280 Å². The number of carbonyl (C=O) groups is 2. The standard InChI is InChI=1S/C42H48N2O3/c1-29-14-12-21-35(30(29)2)27-44(37-22-23-37)40(45)38-28-43(41(46)47-42(3,4)5)26-36(24-31-15-8-6-9-16-31)39(38)34-20-13-19-33(25-34)32-17-10-7-11-18-32/h6-21,25,36-39H,22-24,26-28H2,1-5H3/t36?,38-,39-/m0/s1. The van der Waals surface area contributed by atoms with Crippen LogP contribution in [-0.2, 0) is 22.5 Å². The Morgan fingerprint density at radius 3 is 2.15 bits per heavy atom. The van der Waals surface area contributed by atoms with Gasteiger partial charge >= 0.3 is 6.09 Å². The molecule has 1 saturated heterocycles. The molecule has 3 atom stereocenters. The van der Waals surface area contributed by atoms with Gasteiger partial charge in [-0.05, 0) is 98.7 Å². The molecule has 0 N–H and O–H groups in total. The Balaban J connectivity index is 1.44. The van der Waals surface area contributed by atoms with E-state index in [0.29, 0.717) is 19.6 Å². The van der Waals surface area contributed by atoms with Gasteiger partial charge in [0, 0.05) is 31.6 Å². The largest absolute Gasteiger partial charge is 0.444 e. The number of benzene rings is 4. The van der Waals surface area contributed by atoms with Crippen molar-refractivity contribution in [3.8, 4) is 11.1 Å². The van der Waals surface area contributed by atoms with E-state index in [4.69, 9.17) is 4.74 Å². The lowest BCUT2D eigenvalue weighted by atomic mass is 9.70. The third-order valence-electron chi connectivity index (χ3n) is 9.83.